The van der Waals surface area contributed by atoms with E-state index in [1.807, 2.05) is 45.0 Å². The average molecular weight is 438 g/mol. The number of benzene rings is 2. The highest BCUT2D eigenvalue weighted by Gasteiger charge is 2.21. The number of phenols is 1. The second-order valence-corrected chi connectivity index (χ2v) is 9.28. The number of nitrogens with two attached hydrogens (primary N) is 1. The number of hydrogen-bond donors (Lipinski definition) is 2. The third-order valence-electron chi connectivity index (χ3n) is 4.72. The highest BCUT2D eigenvalue weighted by atomic mass is 32.2. The molecule has 1 aromatic heterocycles. The van der Waals surface area contributed by atoms with Gasteiger partial charge >= 0.3 is 0 Å². The zero-order valence-corrected chi connectivity index (χ0v) is 19.0. The van der Waals surface area contributed by atoms with Crippen molar-refractivity contribution in [3.63, 3.8) is 0 Å². The summed E-state index contributed by atoms with van der Waals surface area (Å²) >= 11 is 1.18. The number of rotatable bonds is 7. The van der Waals surface area contributed by atoms with Crippen LogP contribution in [0.2, 0.25) is 0 Å². The van der Waals surface area contributed by atoms with Gasteiger partial charge in [-0.3, -0.25) is 19.9 Å². The molecular formula is C24H27N3O3S. The number of aromatic hydroxyl groups is 1. The molecule has 3 aromatic rings. The second-order valence-electron chi connectivity index (χ2n) is 8.57. The summed E-state index contributed by atoms with van der Waals surface area (Å²) in [5.74, 6) is 0.382. The molecule has 0 fully saturated rings. The molecule has 0 spiro atoms. The van der Waals surface area contributed by atoms with Crippen LogP contribution in [0.1, 0.15) is 48.8 Å². The molecule has 0 saturated heterocycles. The summed E-state index contributed by atoms with van der Waals surface area (Å²) < 4.78 is 5.83. The minimum absolute atomic E-state index is 0.0363. The SMILES string of the molecule is Cc1c(OCc2cnc(-c3cccc(SN)c3)cn2)ccc(C(=O)CC(C)(C)C)c1O. The van der Waals surface area contributed by atoms with Crippen LogP contribution in [-0.2, 0) is 6.61 Å². The monoisotopic (exact) mass is 437 g/mol. The van der Waals surface area contributed by atoms with E-state index in [9.17, 15) is 9.90 Å². The van der Waals surface area contributed by atoms with Gasteiger partial charge in [-0.05, 0) is 48.6 Å². The molecule has 3 N–H and O–H groups in total. The van der Waals surface area contributed by atoms with Crippen LogP contribution in [0, 0.1) is 12.3 Å². The molecule has 7 heteroatoms. The summed E-state index contributed by atoms with van der Waals surface area (Å²) in [5.41, 5.74) is 3.03. The molecular weight excluding hydrogens is 410 g/mol. The zero-order chi connectivity index (χ0) is 22.6. The van der Waals surface area contributed by atoms with Gasteiger partial charge < -0.3 is 9.84 Å². The van der Waals surface area contributed by atoms with E-state index in [2.05, 4.69) is 9.97 Å². The van der Waals surface area contributed by atoms with E-state index >= 15 is 0 Å². The van der Waals surface area contributed by atoms with E-state index in [4.69, 9.17) is 9.88 Å². The number of phenolic OH excluding ortho intramolecular Hbond substituents is 1. The van der Waals surface area contributed by atoms with Gasteiger partial charge in [0.25, 0.3) is 0 Å². The summed E-state index contributed by atoms with van der Waals surface area (Å²) in [6.45, 7) is 7.91. The van der Waals surface area contributed by atoms with Gasteiger partial charge in [0.05, 0.1) is 29.3 Å². The van der Waals surface area contributed by atoms with E-state index < -0.39 is 0 Å². The maximum atomic E-state index is 12.5. The molecule has 0 amide bonds. The van der Waals surface area contributed by atoms with Crippen molar-refractivity contribution in [2.45, 2.75) is 45.6 Å². The molecule has 0 saturated carbocycles. The van der Waals surface area contributed by atoms with Crippen LogP contribution in [-0.4, -0.2) is 20.9 Å². The van der Waals surface area contributed by atoms with E-state index in [0.29, 0.717) is 29.0 Å². The van der Waals surface area contributed by atoms with Crippen LogP contribution < -0.4 is 9.88 Å². The first-order valence-corrected chi connectivity index (χ1v) is 10.8. The Morgan fingerprint density at radius 2 is 1.94 bits per heavy atom. The van der Waals surface area contributed by atoms with Crippen LogP contribution in [0.15, 0.2) is 53.7 Å². The largest absolute Gasteiger partial charge is 0.507 e. The number of nitrogens with zero attached hydrogens (tertiary/aromatic N) is 2. The molecule has 1 heterocycles. The summed E-state index contributed by atoms with van der Waals surface area (Å²) in [6.07, 6.45) is 3.71. The van der Waals surface area contributed by atoms with Crippen molar-refractivity contribution in [3.8, 4) is 22.8 Å². The fourth-order valence-corrected chi connectivity index (χ4v) is 3.45. The van der Waals surface area contributed by atoms with Gasteiger partial charge in [-0.25, -0.2) is 0 Å². The van der Waals surface area contributed by atoms with Gasteiger partial charge in [-0.1, -0.05) is 32.9 Å². The predicted octanol–water partition coefficient (Wildman–Crippen LogP) is 5.32. The Bertz CT molecular complexity index is 1080. The van der Waals surface area contributed by atoms with E-state index in [-0.39, 0.29) is 23.6 Å². The molecule has 6 nitrogen and oxygen atoms in total. The Balaban J connectivity index is 1.69. The lowest BCUT2D eigenvalue weighted by Crippen LogP contribution is -2.13. The zero-order valence-electron chi connectivity index (χ0n) is 18.2. The summed E-state index contributed by atoms with van der Waals surface area (Å²) in [4.78, 5) is 22.3. The standard InChI is InChI=1S/C24H27N3O3S/c1-15-22(9-8-19(23(15)29)21(28)11-24(2,3)4)30-14-17-12-27-20(13-26-17)16-6-5-7-18(10-16)31-25/h5-10,12-13,29H,11,14,25H2,1-4H3. The third kappa shape index (κ3) is 5.83. The van der Waals surface area contributed by atoms with Gasteiger partial charge in [0.1, 0.15) is 18.1 Å². The first-order valence-electron chi connectivity index (χ1n) is 9.94. The maximum Gasteiger partial charge on any atom is 0.167 e. The molecule has 0 aliphatic carbocycles. The second kappa shape index (κ2) is 9.49. The number of carbonyl (C=O) groups excluding carboxylic acids is 1. The van der Waals surface area contributed by atoms with Gasteiger partial charge in [0.2, 0.25) is 0 Å². The first kappa shape index (κ1) is 22.8. The first-order chi connectivity index (χ1) is 14.7. The molecule has 162 valence electrons. The topological polar surface area (TPSA) is 98.3 Å². The number of Topliss-reactive ketones (excluding diaryl/α,β-unsaturated/α-hetero) is 1. The maximum absolute atomic E-state index is 12.5. The van der Waals surface area contributed by atoms with Gasteiger partial charge in [-0.2, -0.15) is 0 Å². The third-order valence-corrected chi connectivity index (χ3v) is 5.25. The molecule has 0 radical (unpaired) electrons. The smallest absolute Gasteiger partial charge is 0.167 e. The predicted molar refractivity (Wildman–Crippen MR) is 123 cm³/mol. The lowest BCUT2D eigenvalue weighted by Gasteiger charge is -2.18. The Morgan fingerprint density at radius 3 is 2.58 bits per heavy atom. The minimum atomic E-state index is -0.151. The molecule has 0 atom stereocenters. The van der Waals surface area contributed by atoms with Gasteiger partial charge in [0.15, 0.2) is 5.78 Å². The summed E-state index contributed by atoms with van der Waals surface area (Å²) in [5, 5.41) is 16.1. The number of hydrogen-bond acceptors (Lipinski definition) is 7. The van der Waals surface area contributed by atoms with Gasteiger partial charge in [-0.15, -0.1) is 0 Å². The molecule has 0 bridgehead atoms. The number of aromatic nitrogens is 2. The fraction of sp³-hybridized carbons (Fsp3) is 0.292. The minimum Gasteiger partial charge on any atom is -0.507 e. The fourth-order valence-electron chi connectivity index (χ4n) is 3.10. The van der Waals surface area contributed by atoms with Crippen LogP contribution in [0.25, 0.3) is 11.3 Å². The van der Waals surface area contributed by atoms with Crippen molar-refractivity contribution in [2.24, 2.45) is 10.6 Å². The van der Waals surface area contributed by atoms with Gasteiger partial charge in [0, 0.05) is 22.4 Å². The number of ether oxygens (including phenoxy) is 1. The van der Waals surface area contributed by atoms with Crippen LogP contribution in [0.5, 0.6) is 11.5 Å². The van der Waals surface area contributed by atoms with Crippen molar-refractivity contribution in [3.05, 3.63) is 65.6 Å². The Hall–Kier alpha value is -2.90. The van der Waals surface area contributed by atoms with E-state index in [1.54, 1.807) is 31.5 Å². The lowest BCUT2D eigenvalue weighted by atomic mass is 9.87. The van der Waals surface area contributed by atoms with E-state index in [0.717, 1.165) is 16.2 Å². The Morgan fingerprint density at radius 1 is 1.16 bits per heavy atom. The molecule has 0 aliphatic heterocycles. The van der Waals surface area contributed by atoms with Crippen LogP contribution in [0.3, 0.4) is 0 Å². The molecule has 3 rings (SSSR count). The average Bonchev–Trinajstić information content (AvgIpc) is 2.74. The van der Waals surface area contributed by atoms with Crippen molar-refractivity contribution in [1.29, 1.82) is 0 Å². The highest BCUT2D eigenvalue weighted by molar-refractivity contribution is 7.97. The van der Waals surface area contributed by atoms with E-state index in [1.165, 1.54) is 11.9 Å². The van der Waals surface area contributed by atoms with Crippen molar-refractivity contribution in [1.82, 2.24) is 9.97 Å². The van der Waals surface area contributed by atoms with Crippen molar-refractivity contribution in [2.75, 3.05) is 0 Å². The molecule has 2 aromatic carbocycles. The summed E-state index contributed by atoms with van der Waals surface area (Å²) in [6, 6.07) is 11.1. The number of carbonyl (C=O) groups is 1. The van der Waals surface area contributed by atoms with Crippen molar-refractivity contribution >= 4 is 17.7 Å². The van der Waals surface area contributed by atoms with Crippen LogP contribution in [0.4, 0.5) is 0 Å². The van der Waals surface area contributed by atoms with Crippen molar-refractivity contribution < 1.29 is 14.6 Å². The Labute approximate surface area is 187 Å². The highest BCUT2D eigenvalue weighted by Crippen LogP contribution is 2.33. The lowest BCUT2D eigenvalue weighted by molar-refractivity contribution is 0.0937. The summed E-state index contributed by atoms with van der Waals surface area (Å²) in [7, 11) is 0. The van der Waals surface area contributed by atoms with Crippen LogP contribution >= 0.6 is 11.9 Å². The number of ketones is 1. The normalized spacial score (nSPS) is 11.4. The molecule has 31 heavy (non-hydrogen) atoms. The quantitative estimate of drug-likeness (QED) is 0.381. The Kier molecular flexibility index (Phi) is 6.97. The molecule has 0 aliphatic rings. The molecule has 0 unspecified atom stereocenters.